The first-order valence-electron chi connectivity index (χ1n) is 9.34. The lowest BCUT2D eigenvalue weighted by Gasteiger charge is -2.31. The molecule has 8 nitrogen and oxygen atoms in total. The van der Waals surface area contributed by atoms with Gasteiger partial charge in [-0.05, 0) is 24.6 Å². The van der Waals surface area contributed by atoms with E-state index >= 15 is 0 Å². The molecule has 1 heterocycles. The number of nitrogens with two attached hydrogens (primary N) is 1. The van der Waals surface area contributed by atoms with Gasteiger partial charge in [-0.25, -0.2) is 14.0 Å². The van der Waals surface area contributed by atoms with E-state index in [-0.39, 0.29) is 48.9 Å². The van der Waals surface area contributed by atoms with Crippen LogP contribution in [0, 0.1) is 11.3 Å². The van der Waals surface area contributed by atoms with E-state index < -0.39 is 24.5 Å². The van der Waals surface area contributed by atoms with E-state index in [1.807, 2.05) is 6.07 Å². The van der Waals surface area contributed by atoms with Crippen LogP contribution in [0.5, 0.6) is 0 Å². The summed E-state index contributed by atoms with van der Waals surface area (Å²) in [7, 11) is 1.17. The Kier molecular flexibility index (Phi) is 8.53. The average molecular weight is 417 g/mol. The predicted molar refractivity (Wildman–Crippen MR) is 106 cm³/mol. The Labute approximate surface area is 174 Å². The molecule has 0 aliphatic carbocycles. The summed E-state index contributed by atoms with van der Waals surface area (Å²) in [6.07, 6.45) is 0. The van der Waals surface area contributed by atoms with Gasteiger partial charge in [0, 0.05) is 6.54 Å². The highest BCUT2D eigenvalue weighted by Gasteiger charge is 2.39. The van der Waals surface area contributed by atoms with E-state index in [0.717, 1.165) is 0 Å². The molecule has 30 heavy (non-hydrogen) atoms. The molecule has 1 aromatic carbocycles. The van der Waals surface area contributed by atoms with Crippen molar-refractivity contribution in [3.8, 4) is 6.07 Å². The van der Waals surface area contributed by atoms with Crippen molar-refractivity contribution in [1.82, 2.24) is 5.32 Å². The molecule has 0 spiro atoms. The average Bonchev–Trinajstić information content (AvgIpc) is 2.77. The third-order valence-electron chi connectivity index (χ3n) is 4.42. The number of methoxy groups -OCH3 is 1. The number of halogens is 1. The highest BCUT2D eigenvalue weighted by Crippen LogP contribution is 2.39. The summed E-state index contributed by atoms with van der Waals surface area (Å²) in [6.45, 7) is 1.14. The Bertz CT molecular complexity index is 904. The standard InChI is InChI=1S/C21H24FN3O5/c1-3-30-21(27)19-16(12-29-8-7-23)25-15(10-22)18(20(26)28-2)17(19)14-6-4-5-13(9-14)11-24/h4-6,9,17,25H,3,7-8,10,12,23H2,1-2H3. The summed E-state index contributed by atoms with van der Waals surface area (Å²) < 4.78 is 29.4. The van der Waals surface area contributed by atoms with Crippen LogP contribution in [0.3, 0.4) is 0 Å². The maximum absolute atomic E-state index is 13.9. The number of nitrogens with zero attached hydrogens (tertiary/aromatic N) is 1. The van der Waals surface area contributed by atoms with Gasteiger partial charge in [0.05, 0.1) is 67.0 Å². The van der Waals surface area contributed by atoms with Gasteiger partial charge in [0.15, 0.2) is 0 Å². The lowest BCUT2D eigenvalue weighted by atomic mass is 9.79. The van der Waals surface area contributed by atoms with Crippen molar-refractivity contribution in [2.45, 2.75) is 12.8 Å². The zero-order chi connectivity index (χ0) is 22.1. The number of ether oxygens (including phenoxy) is 3. The van der Waals surface area contributed by atoms with Crippen molar-refractivity contribution < 1.29 is 28.2 Å². The van der Waals surface area contributed by atoms with Gasteiger partial charge in [0.25, 0.3) is 0 Å². The van der Waals surface area contributed by atoms with Crippen LogP contribution < -0.4 is 11.1 Å². The van der Waals surface area contributed by atoms with Gasteiger partial charge >= 0.3 is 11.9 Å². The second-order valence-corrected chi connectivity index (χ2v) is 6.27. The maximum Gasteiger partial charge on any atom is 0.336 e. The number of carbonyl (C=O) groups is 2. The quantitative estimate of drug-likeness (QED) is 0.457. The van der Waals surface area contributed by atoms with E-state index in [4.69, 9.17) is 19.9 Å². The van der Waals surface area contributed by atoms with Gasteiger partial charge in [0.2, 0.25) is 0 Å². The van der Waals surface area contributed by atoms with Crippen LogP contribution in [-0.2, 0) is 23.8 Å². The molecule has 0 radical (unpaired) electrons. The molecule has 1 aliphatic heterocycles. The van der Waals surface area contributed by atoms with E-state index in [1.165, 1.54) is 13.2 Å². The van der Waals surface area contributed by atoms with E-state index in [2.05, 4.69) is 5.32 Å². The van der Waals surface area contributed by atoms with E-state index in [1.54, 1.807) is 25.1 Å². The molecule has 2 rings (SSSR count). The van der Waals surface area contributed by atoms with Gasteiger partial charge in [0.1, 0.15) is 6.67 Å². The highest BCUT2D eigenvalue weighted by atomic mass is 19.1. The number of benzene rings is 1. The van der Waals surface area contributed by atoms with Crippen molar-refractivity contribution in [2.24, 2.45) is 5.73 Å². The normalized spacial score (nSPS) is 16.0. The highest BCUT2D eigenvalue weighted by molar-refractivity contribution is 6.00. The lowest BCUT2D eigenvalue weighted by molar-refractivity contribution is -0.139. The van der Waals surface area contributed by atoms with Crippen LogP contribution >= 0.6 is 0 Å². The van der Waals surface area contributed by atoms with Crippen LogP contribution in [-0.4, -0.2) is 52.1 Å². The molecule has 160 valence electrons. The van der Waals surface area contributed by atoms with Crippen molar-refractivity contribution in [2.75, 3.05) is 40.1 Å². The summed E-state index contributed by atoms with van der Waals surface area (Å²) >= 11 is 0. The molecule has 0 amide bonds. The minimum Gasteiger partial charge on any atom is -0.466 e. The van der Waals surface area contributed by atoms with Crippen LogP contribution in [0.2, 0.25) is 0 Å². The minimum absolute atomic E-state index is 0.0476. The molecule has 0 bridgehead atoms. The Balaban J connectivity index is 2.74. The van der Waals surface area contributed by atoms with E-state index in [0.29, 0.717) is 11.1 Å². The number of esters is 2. The van der Waals surface area contributed by atoms with Gasteiger partial charge in [-0.15, -0.1) is 0 Å². The number of dihydropyridines is 1. The summed E-state index contributed by atoms with van der Waals surface area (Å²) in [4.78, 5) is 25.5. The number of nitrogens with one attached hydrogen (secondary N) is 1. The summed E-state index contributed by atoms with van der Waals surface area (Å²) in [6, 6.07) is 8.40. The molecule has 0 saturated heterocycles. The van der Waals surface area contributed by atoms with Gasteiger partial charge in [-0.2, -0.15) is 5.26 Å². The molecule has 0 aromatic heterocycles. The summed E-state index contributed by atoms with van der Waals surface area (Å²) in [5, 5.41) is 12.1. The first-order valence-corrected chi connectivity index (χ1v) is 9.34. The van der Waals surface area contributed by atoms with Gasteiger partial charge in [-0.3, -0.25) is 0 Å². The topological polar surface area (TPSA) is 124 Å². The first-order chi connectivity index (χ1) is 14.5. The Morgan fingerprint density at radius 3 is 2.60 bits per heavy atom. The maximum atomic E-state index is 13.9. The Morgan fingerprint density at radius 2 is 2.00 bits per heavy atom. The first kappa shape index (κ1) is 23.1. The molecular formula is C21H24FN3O5. The van der Waals surface area contributed by atoms with Crippen molar-refractivity contribution >= 4 is 11.9 Å². The Hall–Kier alpha value is -3.22. The molecule has 0 fully saturated rings. The molecular weight excluding hydrogens is 393 g/mol. The van der Waals surface area contributed by atoms with Gasteiger partial charge in [-0.1, -0.05) is 12.1 Å². The molecule has 0 saturated carbocycles. The third kappa shape index (κ3) is 5.03. The summed E-state index contributed by atoms with van der Waals surface area (Å²) in [5.74, 6) is -2.50. The Morgan fingerprint density at radius 1 is 1.27 bits per heavy atom. The number of hydrogen-bond donors (Lipinski definition) is 2. The number of allylic oxidation sites excluding steroid dienone is 1. The fourth-order valence-corrected chi connectivity index (χ4v) is 3.21. The number of rotatable bonds is 9. The number of alkyl halides is 1. The molecule has 1 aromatic rings. The van der Waals surface area contributed by atoms with Gasteiger partial charge < -0.3 is 25.3 Å². The van der Waals surface area contributed by atoms with Crippen molar-refractivity contribution in [3.05, 3.63) is 57.9 Å². The summed E-state index contributed by atoms with van der Waals surface area (Å²) in [5.41, 5.74) is 6.45. The lowest BCUT2D eigenvalue weighted by Crippen LogP contribution is -2.36. The zero-order valence-corrected chi connectivity index (χ0v) is 16.9. The van der Waals surface area contributed by atoms with E-state index in [9.17, 15) is 19.2 Å². The van der Waals surface area contributed by atoms with Crippen molar-refractivity contribution in [1.29, 1.82) is 5.26 Å². The monoisotopic (exact) mass is 417 g/mol. The van der Waals surface area contributed by atoms with Crippen LogP contribution in [0.15, 0.2) is 46.8 Å². The number of nitriles is 1. The molecule has 1 atom stereocenters. The fourth-order valence-electron chi connectivity index (χ4n) is 3.21. The zero-order valence-electron chi connectivity index (χ0n) is 16.9. The predicted octanol–water partition coefficient (Wildman–Crippen LogP) is 1.43. The molecule has 1 unspecified atom stereocenters. The second kappa shape index (κ2) is 11.1. The number of hydrogen-bond acceptors (Lipinski definition) is 8. The molecule has 9 heteroatoms. The third-order valence-corrected chi connectivity index (χ3v) is 4.42. The van der Waals surface area contributed by atoms with Crippen LogP contribution in [0.1, 0.15) is 24.0 Å². The smallest absolute Gasteiger partial charge is 0.336 e. The minimum atomic E-state index is -1.01. The van der Waals surface area contributed by atoms with Crippen molar-refractivity contribution in [3.63, 3.8) is 0 Å². The SMILES string of the molecule is CCOC(=O)C1=C(COCCN)NC(CF)=C(C(=O)OC)C1c1cccc(C#N)c1. The second-order valence-electron chi connectivity index (χ2n) is 6.27. The fraction of sp³-hybridized carbons (Fsp3) is 0.381. The molecule has 1 aliphatic rings. The largest absolute Gasteiger partial charge is 0.466 e. The van der Waals surface area contributed by atoms with Crippen LogP contribution in [0.4, 0.5) is 4.39 Å². The molecule has 3 N–H and O–H groups in total. The van der Waals surface area contributed by atoms with Crippen LogP contribution in [0.25, 0.3) is 0 Å². The number of carbonyl (C=O) groups excluding carboxylic acids is 2.